The molecule has 1 N–H and O–H groups in total. The molecular formula is C21H19N3O3. The van der Waals surface area contributed by atoms with E-state index >= 15 is 0 Å². The van der Waals surface area contributed by atoms with Crippen molar-refractivity contribution >= 4 is 17.6 Å². The van der Waals surface area contributed by atoms with E-state index in [1.807, 2.05) is 36.4 Å². The fourth-order valence-electron chi connectivity index (χ4n) is 3.23. The number of carbonyl (C=O) groups is 2. The Balaban J connectivity index is 1.30. The number of aromatic amines is 1. The summed E-state index contributed by atoms with van der Waals surface area (Å²) in [5, 5.41) is 0. The minimum atomic E-state index is -0.435. The van der Waals surface area contributed by atoms with Crippen LogP contribution in [0.1, 0.15) is 22.3 Å². The molecule has 1 amide bonds. The molecule has 6 heteroatoms. The van der Waals surface area contributed by atoms with Crippen LogP contribution in [0, 0.1) is 0 Å². The van der Waals surface area contributed by atoms with E-state index < -0.39 is 5.97 Å². The number of rotatable bonds is 5. The number of ether oxygens (including phenoxy) is 1. The molecule has 0 spiro atoms. The number of para-hydroxylation sites is 1. The molecule has 0 saturated carbocycles. The number of benzene rings is 2. The minimum absolute atomic E-state index is 0.0269. The first-order valence-electron chi connectivity index (χ1n) is 8.87. The first-order chi connectivity index (χ1) is 13.2. The molecule has 1 aliphatic rings. The Labute approximate surface area is 156 Å². The Morgan fingerprint density at radius 3 is 2.70 bits per heavy atom. The zero-order valence-corrected chi connectivity index (χ0v) is 14.7. The van der Waals surface area contributed by atoms with Gasteiger partial charge >= 0.3 is 5.97 Å². The number of hydrogen-bond acceptors (Lipinski definition) is 4. The maximum absolute atomic E-state index is 12.4. The van der Waals surface area contributed by atoms with Gasteiger partial charge in [-0.2, -0.15) is 0 Å². The van der Waals surface area contributed by atoms with Crippen LogP contribution in [-0.4, -0.2) is 35.0 Å². The van der Waals surface area contributed by atoms with Gasteiger partial charge in [-0.25, -0.2) is 9.78 Å². The maximum atomic E-state index is 12.4. The van der Waals surface area contributed by atoms with Crippen LogP contribution in [0.2, 0.25) is 0 Å². The summed E-state index contributed by atoms with van der Waals surface area (Å²) in [6.07, 6.45) is 4.45. The summed E-state index contributed by atoms with van der Waals surface area (Å²) in [4.78, 5) is 33.5. The number of hydrogen-bond donors (Lipinski definition) is 1. The van der Waals surface area contributed by atoms with Gasteiger partial charge in [0.25, 0.3) is 0 Å². The van der Waals surface area contributed by atoms with Gasteiger partial charge in [0.05, 0.1) is 12.0 Å². The summed E-state index contributed by atoms with van der Waals surface area (Å²) in [6.45, 7) is 0.747. The molecule has 27 heavy (non-hydrogen) atoms. The molecule has 6 nitrogen and oxygen atoms in total. The molecule has 0 fully saturated rings. The quantitative estimate of drug-likeness (QED) is 0.708. The van der Waals surface area contributed by atoms with Crippen LogP contribution in [0.5, 0.6) is 0 Å². The van der Waals surface area contributed by atoms with Crippen molar-refractivity contribution in [1.29, 1.82) is 0 Å². The predicted molar refractivity (Wildman–Crippen MR) is 101 cm³/mol. The van der Waals surface area contributed by atoms with Crippen molar-refractivity contribution in [2.45, 2.75) is 12.8 Å². The van der Waals surface area contributed by atoms with E-state index in [4.69, 9.17) is 4.74 Å². The molecule has 3 aromatic rings. The van der Waals surface area contributed by atoms with E-state index in [9.17, 15) is 9.59 Å². The van der Waals surface area contributed by atoms with E-state index in [1.165, 1.54) is 5.56 Å². The first-order valence-corrected chi connectivity index (χ1v) is 8.87. The van der Waals surface area contributed by atoms with Crippen molar-refractivity contribution in [3.8, 4) is 11.4 Å². The molecular weight excluding hydrogens is 342 g/mol. The predicted octanol–water partition coefficient (Wildman–Crippen LogP) is 3.21. The molecule has 0 aliphatic carbocycles. The summed E-state index contributed by atoms with van der Waals surface area (Å²) in [5.74, 6) is 0.281. The van der Waals surface area contributed by atoms with Gasteiger partial charge in [0.1, 0.15) is 12.4 Å². The van der Waals surface area contributed by atoms with Crippen LogP contribution in [0.3, 0.4) is 0 Å². The Morgan fingerprint density at radius 1 is 1.11 bits per heavy atom. The number of H-pyrrole nitrogens is 1. The van der Waals surface area contributed by atoms with Gasteiger partial charge in [-0.3, -0.25) is 4.79 Å². The second-order valence-electron chi connectivity index (χ2n) is 6.33. The molecule has 0 atom stereocenters. The molecule has 4 rings (SSSR count). The molecule has 1 aromatic heterocycles. The third kappa shape index (κ3) is 3.60. The van der Waals surface area contributed by atoms with Crippen molar-refractivity contribution in [2.24, 2.45) is 0 Å². The zero-order valence-electron chi connectivity index (χ0n) is 14.7. The van der Waals surface area contributed by atoms with E-state index in [0.717, 1.165) is 23.5 Å². The number of nitrogens with zero attached hydrogens (tertiary/aromatic N) is 2. The van der Waals surface area contributed by atoms with Crippen molar-refractivity contribution in [3.05, 3.63) is 72.1 Å². The summed E-state index contributed by atoms with van der Waals surface area (Å²) >= 11 is 0. The first kappa shape index (κ1) is 17.0. The van der Waals surface area contributed by atoms with Gasteiger partial charge in [0, 0.05) is 30.2 Å². The highest BCUT2D eigenvalue weighted by Crippen LogP contribution is 2.27. The van der Waals surface area contributed by atoms with Crippen LogP contribution in [0.15, 0.2) is 60.9 Å². The maximum Gasteiger partial charge on any atom is 0.338 e. The van der Waals surface area contributed by atoms with E-state index in [2.05, 4.69) is 9.97 Å². The topological polar surface area (TPSA) is 75.3 Å². The zero-order chi connectivity index (χ0) is 18.6. The average Bonchev–Trinajstić information content (AvgIpc) is 3.38. The van der Waals surface area contributed by atoms with Crippen LogP contribution in [0.4, 0.5) is 5.69 Å². The molecule has 2 heterocycles. The summed E-state index contributed by atoms with van der Waals surface area (Å²) < 4.78 is 5.27. The molecule has 0 bridgehead atoms. The lowest BCUT2D eigenvalue weighted by molar-refractivity contribution is -0.119. The normalized spacial score (nSPS) is 12.7. The lowest BCUT2D eigenvalue weighted by Crippen LogP contribution is -2.29. The van der Waals surface area contributed by atoms with Crippen LogP contribution in [-0.2, 0) is 16.0 Å². The van der Waals surface area contributed by atoms with Gasteiger partial charge < -0.3 is 14.6 Å². The van der Waals surface area contributed by atoms with Crippen molar-refractivity contribution in [1.82, 2.24) is 9.97 Å². The fourth-order valence-corrected chi connectivity index (χ4v) is 3.23. The molecule has 136 valence electrons. The lowest BCUT2D eigenvalue weighted by atomic mass is 10.1. The van der Waals surface area contributed by atoms with E-state index in [0.29, 0.717) is 12.1 Å². The monoisotopic (exact) mass is 361 g/mol. The summed E-state index contributed by atoms with van der Waals surface area (Å²) in [7, 11) is 0. The van der Waals surface area contributed by atoms with Crippen molar-refractivity contribution in [3.63, 3.8) is 0 Å². The van der Waals surface area contributed by atoms with Crippen molar-refractivity contribution < 1.29 is 14.3 Å². The van der Waals surface area contributed by atoms with E-state index in [1.54, 1.807) is 29.4 Å². The molecule has 0 radical (unpaired) electrons. The number of aromatic nitrogens is 2. The Morgan fingerprint density at radius 2 is 1.93 bits per heavy atom. The van der Waals surface area contributed by atoms with Crippen LogP contribution >= 0.6 is 0 Å². The highest BCUT2D eigenvalue weighted by Gasteiger charge is 2.24. The van der Waals surface area contributed by atoms with E-state index in [-0.39, 0.29) is 18.9 Å². The number of fused-ring (bicyclic) bond motifs is 1. The third-order valence-electron chi connectivity index (χ3n) is 4.63. The summed E-state index contributed by atoms with van der Waals surface area (Å²) in [5.41, 5.74) is 3.48. The molecule has 0 saturated heterocycles. The third-order valence-corrected chi connectivity index (χ3v) is 4.63. The van der Waals surface area contributed by atoms with Crippen molar-refractivity contribution in [2.75, 3.05) is 18.1 Å². The Bertz CT molecular complexity index is 949. The highest BCUT2D eigenvalue weighted by atomic mass is 16.5. The van der Waals surface area contributed by atoms with Crippen LogP contribution < -0.4 is 4.90 Å². The van der Waals surface area contributed by atoms with Crippen LogP contribution in [0.25, 0.3) is 11.4 Å². The number of anilines is 1. The lowest BCUT2D eigenvalue weighted by Gasteiger charge is -2.17. The molecule has 1 aliphatic heterocycles. The van der Waals surface area contributed by atoms with Gasteiger partial charge in [0.2, 0.25) is 5.91 Å². The minimum Gasteiger partial charge on any atom is -0.462 e. The van der Waals surface area contributed by atoms with Gasteiger partial charge in [-0.1, -0.05) is 30.3 Å². The SMILES string of the molecule is O=C(OCCC(=O)N1CCc2ccccc21)c1ccc(-c2ncc[nH]2)cc1. The Hall–Kier alpha value is -3.41. The smallest absolute Gasteiger partial charge is 0.338 e. The number of nitrogens with one attached hydrogen (secondary N) is 1. The number of imidazole rings is 1. The number of carbonyl (C=O) groups excluding carboxylic acids is 2. The second kappa shape index (κ2) is 7.45. The molecule has 0 unspecified atom stereocenters. The largest absolute Gasteiger partial charge is 0.462 e. The van der Waals surface area contributed by atoms with Gasteiger partial charge in [-0.05, 0) is 30.2 Å². The fraction of sp³-hybridized carbons (Fsp3) is 0.190. The standard InChI is InChI=1S/C21H19N3O3/c25-19(24-13-9-15-3-1-2-4-18(15)24)10-14-27-21(26)17-7-5-16(6-8-17)20-22-11-12-23-20/h1-8,11-12H,9-10,13-14H2,(H,22,23). The van der Waals surface area contributed by atoms with Gasteiger partial charge in [0.15, 0.2) is 0 Å². The molecule has 2 aromatic carbocycles. The number of esters is 1. The number of amides is 1. The highest BCUT2D eigenvalue weighted by molar-refractivity contribution is 5.96. The second-order valence-corrected chi connectivity index (χ2v) is 6.33. The Kier molecular flexibility index (Phi) is 4.70. The average molecular weight is 361 g/mol. The summed E-state index contributed by atoms with van der Waals surface area (Å²) in [6, 6.07) is 14.9. The van der Waals surface area contributed by atoms with Gasteiger partial charge in [-0.15, -0.1) is 0 Å².